The molecule has 0 saturated heterocycles. The second kappa shape index (κ2) is 11.5. The molecule has 2 aromatic rings. The fraction of sp³-hybridized carbons (Fsp3) is 0.417. The molecule has 0 aliphatic carbocycles. The Kier molecular flexibility index (Phi) is 9.31. The van der Waals surface area contributed by atoms with Crippen LogP contribution in [0.25, 0.3) is 0 Å². The minimum absolute atomic E-state index is 0.0819. The van der Waals surface area contributed by atoms with Gasteiger partial charge < -0.3 is 10.2 Å². The van der Waals surface area contributed by atoms with Gasteiger partial charge in [-0.25, -0.2) is 8.42 Å². The van der Waals surface area contributed by atoms with Gasteiger partial charge in [0, 0.05) is 18.1 Å². The highest BCUT2D eigenvalue weighted by Gasteiger charge is 2.32. The van der Waals surface area contributed by atoms with Gasteiger partial charge in [-0.3, -0.25) is 13.9 Å². The van der Waals surface area contributed by atoms with Crippen molar-refractivity contribution in [2.45, 2.75) is 46.7 Å². The van der Waals surface area contributed by atoms with E-state index in [1.165, 1.54) is 4.90 Å². The van der Waals surface area contributed by atoms with Gasteiger partial charge in [-0.15, -0.1) is 0 Å². The Morgan fingerprint density at radius 2 is 1.67 bits per heavy atom. The van der Waals surface area contributed by atoms with Crippen molar-refractivity contribution < 1.29 is 18.0 Å². The molecule has 0 fully saturated rings. The number of nitrogens with one attached hydrogen (secondary N) is 1. The second-order valence-electron chi connectivity index (χ2n) is 8.05. The summed E-state index contributed by atoms with van der Waals surface area (Å²) in [5.74, 6) is -0.782. The van der Waals surface area contributed by atoms with Gasteiger partial charge in [0.25, 0.3) is 0 Å². The minimum Gasteiger partial charge on any atom is -0.355 e. The van der Waals surface area contributed by atoms with Crippen LogP contribution in [0.4, 0.5) is 5.69 Å². The molecule has 2 aromatic carbocycles. The van der Waals surface area contributed by atoms with Crippen molar-refractivity contribution in [1.82, 2.24) is 10.2 Å². The Morgan fingerprint density at radius 3 is 2.18 bits per heavy atom. The van der Waals surface area contributed by atoms with Gasteiger partial charge in [-0.2, -0.15) is 0 Å². The van der Waals surface area contributed by atoms with Crippen LogP contribution in [0.15, 0.2) is 42.5 Å². The summed E-state index contributed by atoms with van der Waals surface area (Å²) in [4.78, 5) is 27.7. The molecule has 1 atom stereocenters. The quantitative estimate of drug-likeness (QED) is 0.547. The van der Waals surface area contributed by atoms with Gasteiger partial charge in [0.15, 0.2) is 0 Å². The average molecular weight is 494 g/mol. The number of carbonyl (C=O) groups is 2. The number of hydrogen-bond donors (Lipinski definition) is 1. The molecule has 0 aliphatic rings. The zero-order valence-corrected chi connectivity index (χ0v) is 21.3. The van der Waals surface area contributed by atoms with E-state index in [1.54, 1.807) is 43.3 Å². The van der Waals surface area contributed by atoms with Gasteiger partial charge in [0.2, 0.25) is 21.8 Å². The number of nitrogens with zero attached hydrogens (tertiary/aromatic N) is 2. The first-order chi connectivity index (χ1) is 15.5. The highest BCUT2D eigenvalue weighted by Crippen LogP contribution is 2.24. The number of sulfonamides is 1. The lowest BCUT2D eigenvalue weighted by Crippen LogP contribution is -2.52. The van der Waals surface area contributed by atoms with Crippen molar-refractivity contribution in [3.63, 3.8) is 0 Å². The number of rotatable bonds is 10. The Bertz CT molecular complexity index is 1080. The van der Waals surface area contributed by atoms with E-state index in [-0.39, 0.29) is 12.5 Å². The fourth-order valence-corrected chi connectivity index (χ4v) is 4.76. The molecular formula is C24H32ClN3O4S. The fourth-order valence-electron chi connectivity index (χ4n) is 3.73. The largest absolute Gasteiger partial charge is 0.355 e. The van der Waals surface area contributed by atoms with Gasteiger partial charge in [-0.1, -0.05) is 42.8 Å². The first-order valence-corrected chi connectivity index (χ1v) is 13.1. The summed E-state index contributed by atoms with van der Waals surface area (Å²) in [7, 11) is -3.76. The molecule has 0 unspecified atom stereocenters. The average Bonchev–Trinajstić information content (AvgIpc) is 2.71. The van der Waals surface area contributed by atoms with Gasteiger partial charge >= 0.3 is 0 Å². The molecule has 7 nitrogen and oxygen atoms in total. The predicted octanol–water partition coefficient (Wildman–Crippen LogP) is 3.67. The van der Waals surface area contributed by atoms with Crippen molar-refractivity contribution in [2.75, 3.05) is 23.7 Å². The van der Waals surface area contributed by atoms with E-state index in [0.717, 1.165) is 21.7 Å². The van der Waals surface area contributed by atoms with Crippen LogP contribution in [0.3, 0.4) is 0 Å². The second-order valence-corrected chi connectivity index (χ2v) is 10.4. The van der Waals surface area contributed by atoms with Crippen molar-refractivity contribution in [2.24, 2.45) is 0 Å². The summed E-state index contributed by atoms with van der Waals surface area (Å²) in [5.41, 5.74) is 2.85. The van der Waals surface area contributed by atoms with E-state index in [9.17, 15) is 18.0 Å². The molecule has 0 radical (unpaired) electrons. The standard InChI is InChI=1S/C24H32ClN3O4S/c1-6-22(24(30)26-7-2)27(15-19-10-8-9-11-21(19)25)23(29)16-28(33(5,31)32)20-13-17(3)12-18(4)14-20/h8-14,22H,6-7,15-16H2,1-5H3,(H,26,30)/t22-/m1/s1. The summed E-state index contributed by atoms with van der Waals surface area (Å²) in [6.07, 6.45) is 1.43. The SMILES string of the molecule is CCNC(=O)[C@@H](CC)N(Cc1ccccc1Cl)C(=O)CN(c1cc(C)cc(C)c1)S(C)(=O)=O. The van der Waals surface area contributed by atoms with E-state index in [0.29, 0.717) is 29.2 Å². The predicted molar refractivity (Wildman–Crippen MR) is 133 cm³/mol. The number of amides is 2. The smallest absolute Gasteiger partial charge is 0.244 e. The lowest BCUT2D eigenvalue weighted by atomic mass is 10.1. The maximum atomic E-state index is 13.6. The van der Waals surface area contributed by atoms with Crippen molar-refractivity contribution >= 4 is 39.1 Å². The third-order valence-corrected chi connectivity index (χ3v) is 6.72. The van der Waals surface area contributed by atoms with Crippen molar-refractivity contribution in [1.29, 1.82) is 0 Å². The Morgan fingerprint density at radius 1 is 1.06 bits per heavy atom. The van der Waals surface area contributed by atoms with Gasteiger partial charge in [-0.05, 0) is 62.1 Å². The van der Waals surface area contributed by atoms with Crippen LogP contribution < -0.4 is 9.62 Å². The van der Waals surface area contributed by atoms with Crippen LogP contribution in [0.2, 0.25) is 5.02 Å². The zero-order chi connectivity index (χ0) is 24.8. The van der Waals surface area contributed by atoms with Crippen LogP contribution in [0, 0.1) is 13.8 Å². The Labute approximate surface area is 201 Å². The molecule has 0 aromatic heterocycles. The third kappa shape index (κ3) is 7.20. The van der Waals surface area contributed by atoms with E-state index in [4.69, 9.17) is 11.6 Å². The molecule has 2 rings (SSSR count). The molecule has 1 N–H and O–H groups in total. The maximum absolute atomic E-state index is 13.6. The molecule has 9 heteroatoms. The van der Waals surface area contributed by atoms with Gasteiger partial charge in [0.05, 0.1) is 11.9 Å². The van der Waals surface area contributed by atoms with Crippen LogP contribution >= 0.6 is 11.6 Å². The van der Waals surface area contributed by atoms with E-state index in [1.807, 2.05) is 26.8 Å². The summed E-state index contributed by atoms with van der Waals surface area (Å²) < 4.78 is 26.4. The van der Waals surface area contributed by atoms with Gasteiger partial charge in [0.1, 0.15) is 12.6 Å². The number of aryl methyl sites for hydroxylation is 2. The van der Waals surface area contributed by atoms with E-state index >= 15 is 0 Å². The molecule has 0 aliphatic heterocycles. The first-order valence-electron chi connectivity index (χ1n) is 10.8. The summed E-state index contributed by atoms with van der Waals surface area (Å²) >= 11 is 6.33. The van der Waals surface area contributed by atoms with Crippen molar-refractivity contribution in [3.8, 4) is 0 Å². The molecule has 0 spiro atoms. The third-order valence-electron chi connectivity index (χ3n) is 5.21. The monoisotopic (exact) mass is 493 g/mol. The summed E-state index contributed by atoms with van der Waals surface area (Å²) in [6, 6.07) is 11.7. The Balaban J connectivity index is 2.48. The molecule has 0 heterocycles. The van der Waals surface area contributed by atoms with E-state index in [2.05, 4.69) is 5.32 Å². The molecule has 2 amide bonds. The topological polar surface area (TPSA) is 86.8 Å². The zero-order valence-electron chi connectivity index (χ0n) is 19.8. The molecule has 33 heavy (non-hydrogen) atoms. The Hall–Kier alpha value is -2.58. The molecule has 0 saturated carbocycles. The molecular weight excluding hydrogens is 462 g/mol. The molecule has 180 valence electrons. The van der Waals surface area contributed by atoms with Crippen LogP contribution in [-0.2, 0) is 26.2 Å². The molecule has 0 bridgehead atoms. The highest BCUT2D eigenvalue weighted by molar-refractivity contribution is 7.92. The minimum atomic E-state index is -3.76. The number of halogens is 1. The number of carbonyl (C=O) groups excluding carboxylic acids is 2. The van der Waals surface area contributed by atoms with Crippen LogP contribution in [0.5, 0.6) is 0 Å². The number of anilines is 1. The van der Waals surface area contributed by atoms with Crippen LogP contribution in [0.1, 0.15) is 37.0 Å². The number of benzene rings is 2. The van der Waals surface area contributed by atoms with E-state index < -0.39 is 28.5 Å². The highest BCUT2D eigenvalue weighted by atomic mass is 35.5. The van der Waals surface area contributed by atoms with Crippen LogP contribution in [-0.4, -0.2) is 50.5 Å². The lowest BCUT2D eigenvalue weighted by Gasteiger charge is -2.33. The summed E-state index contributed by atoms with van der Waals surface area (Å²) in [5, 5.41) is 3.23. The number of hydrogen-bond acceptors (Lipinski definition) is 4. The normalized spacial score (nSPS) is 12.2. The van der Waals surface area contributed by atoms with Crippen molar-refractivity contribution in [3.05, 3.63) is 64.2 Å². The maximum Gasteiger partial charge on any atom is 0.244 e. The first kappa shape index (κ1) is 26.7. The number of likely N-dealkylation sites (N-methyl/N-ethyl adjacent to an activating group) is 1. The lowest BCUT2D eigenvalue weighted by molar-refractivity contribution is -0.140. The summed E-state index contributed by atoms with van der Waals surface area (Å²) in [6.45, 7) is 7.42.